The fourth-order valence-corrected chi connectivity index (χ4v) is 3.66. The van der Waals surface area contributed by atoms with Crippen molar-refractivity contribution < 1.29 is 5.11 Å². The van der Waals surface area contributed by atoms with Gasteiger partial charge in [-0.3, -0.25) is 0 Å². The second-order valence-corrected chi connectivity index (χ2v) is 6.61. The molecule has 1 aliphatic carbocycles. The standard InChI is InChI=1S/C18H30N2O/c1-4-20(9-10-21)18-7-5-16(6-8-18)19-17-12-14(2)11-15(3)13-17/h5-8,14-15,17,19,21H,4,9-13H2,1-3H3. The van der Waals surface area contributed by atoms with Gasteiger partial charge in [0, 0.05) is 30.5 Å². The lowest BCUT2D eigenvalue weighted by Crippen LogP contribution is -2.30. The van der Waals surface area contributed by atoms with Crippen molar-refractivity contribution >= 4 is 11.4 Å². The Morgan fingerprint density at radius 2 is 1.71 bits per heavy atom. The Labute approximate surface area is 129 Å². The maximum absolute atomic E-state index is 9.10. The van der Waals surface area contributed by atoms with Gasteiger partial charge in [-0.1, -0.05) is 13.8 Å². The van der Waals surface area contributed by atoms with E-state index in [4.69, 9.17) is 5.11 Å². The molecule has 0 aliphatic heterocycles. The Morgan fingerprint density at radius 3 is 2.24 bits per heavy atom. The van der Waals surface area contributed by atoms with Gasteiger partial charge in [0.15, 0.2) is 0 Å². The molecule has 2 rings (SSSR count). The number of rotatable bonds is 6. The summed E-state index contributed by atoms with van der Waals surface area (Å²) < 4.78 is 0. The second kappa shape index (κ2) is 7.69. The molecule has 1 fully saturated rings. The molecule has 21 heavy (non-hydrogen) atoms. The number of likely N-dealkylation sites (N-methyl/N-ethyl adjacent to an activating group) is 1. The zero-order chi connectivity index (χ0) is 15.2. The maximum atomic E-state index is 9.10. The fraction of sp³-hybridized carbons (Fsp3) is 0.667. The van der Waals surface area contributed by atoms with Gasteiger partial charge in [-0.2, -0.15) is 0 Å². The number of aliphatic hydroxyl groups is 1. The third-order valence-corrected chi connectivity index (χ3v) is 4.53. The van der Waals surface area contributed by atoms with Crippen molar-refractivity contribution in [3.8, 4) is 0 Å². The first-order valence-electron chi connectivity index (χ1n) is 8.34. The summed E-state index contributed by atoms with van der Waals surface area (Å²) >= 11 is 0. The molecule has 3 heteroatoms. The van der Waals surface area contributed by atoms with Crippen LogP contribution in [0.4, 0.5) is 11.4 Å². The van der Waals surface area contributed by atoms with Crippen molar-refractivity contribution in [2.75, 3.05) is 29.9 Å². The summed E-state index contributed by atoms with van der Waals surface area (Å²) in [5.74, 6) is 1.65. The SMILES string of the molecule is CCN(CCO)c1ccc(NC2CC(C)CC(C)C2)cc1. The van der Waals surface area contributed by atoms with Crippen LogP contribution in [-0.4, -0.2) is 30.8 Å². The molecule has 0 bridgehead atoms. The van der Waals surface area contributed by atoms with E-state index in [1.807, 2.05) is 0 Å². The molecule has 1 aliphatic rings. The number of aliphatic hydroxyl groups excluding tert-OH is 1. The van der Waals surface area contributed by atoms with Crippen LogP contribution in [0.1, 0.15) is 40.0 Å². The monoisotopic (exact) mass is 290 g/mol. The summed E-state index contributed by atoms with van der Waals surface area (Å²) in [7, 11) is 0. The molecule has 0 amide bonds. The number of anilines is 2. The molecule has 1 aromatic carbocycles. The number of hydrogen-bond acceptors (Lipinski definition) is 3. The second-order valence-electron chi connectivity index (χ2n) is 6.61. The normalized spacial score (nSPS) is 25.6. The van der Waals surface area contributed by atoms with Crippen LogP contribution >= 0.6 is 0 Å². The maximum Gasteiger partial charge on any atom is 0.0606 e. The lowest BCUT2D eigenvalue weighted by atomic mass is 9.80. The molecule has 0 saturated heterocycles. The molecule has 2 N–H and O–H groups in total. The zero-order valence-electron chi connectivity index (χ0n) is 13.7. The highest BCUT2D eigenvalue weighted by molar-refractivity contribution is 5.55. The molecule has 3 nitrogen and oxygen atoms in total. The zero-order valence-corrected chi connectivity index (χ0v) is 13.7. The molecule has 2 atom stereocenters. The first kappa shape index (κ1) is 16.2. The molecule has 1 aromatic rings. The minimum Gasteiger partial charge on any atom is -0.395 e. The Kier molecular flexibility index (Phi) is 5.92. The first-order valence-corrected chi connectivity index (χ1v) is 8.34. The van der Waals surface area contributed by atoms with Crippen molar-refractivity contribution in [2.45, 2.75) is 46.1 Å². The van der Waals surface area contributed by atoms with Gasteiger partial charge in [0.1, 0.15) is 0 Å². The lowest BCUT2D eigenvalue weighted by Gasteiger charge is -2.32. The van der Waals surface area contributed by atoms with Crippen molar-refractivity contribution in [3.63, 3.8) is 0 Å². The topological polar surface area (TPSA) is 35.5 Å². The highest BCUT2D eigenvalue weighted by atomic mass is 16.3. The van der Waals surface area contributed by atoms with E-state index in [2.05, 4.69) is 55.3 Å². The fourth-order valence-electron chi connectivity index (χ4n) is 3.66. The molecular weight excluding hydrogens is 260 g/mol. The molecule has 118 valence electrons. The third-order valence-electron chi connectivity index (χ3n) is 4.53. The van der Waals surface area contributed by atoms with E-state index in [1.165, 1.54) is 30.6 Å². The van der Waals surface area contributed by atoms with Gasteiger partial charge in [0.2, 0.25) is 0 Å². The van der Waals surface area contributed by atoms with Crippen LogP contribution in [0.25, 0.3) is 0 Å². The van der Waals surface area contributed by atoms with Crippen LogP contribution in [-0.2, 0) is 0 Å². The minimum absolute atomic E-state index is 0.200. The molecule has 2 unspecified atom stereocenters. The Bertz CT molecular complexity index is 408. The van der Waals surface area contributed by atoms with E-state index in [1.54, 1.807) is 0 Å². The largest absolute Gasteiger partial charge is 0.395 e. The number of nitrogens with one attached hydrogen (secondary N) is 1. The van der Waals surface area contributed by atoms with Crippen molar-refractivity contribution in [2.24, 2.45) is 11.8 Å². The van der Waals surface area contributed by atoms with Crippen LogP contribution in [0.15, 0.2) is 24.3 Å². The quantitative estimate of drug-likeness (QED) is 0.837. The van der Waals surface area contributed by atoms with Gasteiger partial charge < -0.3 is 15.3 Å². The van der Waals surface area contributed by atoms with E-state index in [0.29, 0.717) is 12.6 Å². The molecule has 0 spiro atoms. The van der Waals surface area contributed by atoms with Crippen LogP contribution in [0, 0.1) is 11.8 Å². The average Bonchev–Trinajstić information content (AvgIpc) is 2.45. The van der Waals surface area contributed by atoms with E-state index in [9.17, 15) is 0 Å². The minimum atomic E-state index is 0.200. The van der Waals surface area contributed by atoms with E-state index >= 15 is 0 Å². The van der Waals surface area contributed by atoms with E-state index < -0.39 is 0 Å². The lowest BCUT2D eigenvalue weighted by molar-refractivity contribution is 0.281. The third kappa shape index (κ3) is 4.63. The highest BCUT2D eigenvalue weighted by Gasteiger charge is 2.23. The van der Waals surface area contributed by atoms with Crippen LogP contribution in [0.2, 0.25) is 0 Å². The van der Waals surface area contributed by atoms with Crippen LogP contribution in [0.5, 0.6) is 0 Å². The number of hydrogen-bond donors (Lipinski definition) is 2. The van der Waals surface area contributed by atoms with Crippen molar-refractivity contribution in [3.05, 3.63) is 24.3 Å². The van der Waals surface area contributed by atoms with E-state index in [-0.39, 0.29) is 6.61 Å². The predicted octanol–water partition coefficient (Wildman–Crippen LogP) is 3.74. The Balaban J connectivity index is 1.95. The van der Waals surface area contributed by atoms with Gasteiger partial charge >= 0.3 is 0 Å². The van der Waals surface area contributed by atoms with Crippen LogP contribution < -0.4 is 10.2 Å². The summed E-state index contributed by atoms with van der Waals surface area (Å²) in [5, 5.41) is 12.8. The molecular formula is C18H30N2O. The van der Waals surface area contributed by atoms with Gasteiger partial charge in [0.25, 0.3) is 0 Å². The molecule has 0 heterocycles. The van der Waals surface area contributed by atoms with Gasteiger partial charge in [-0.05, 0) is 62.3 Å². The average molecular weight is 290 g/mol. The summed E-state index contributed by atoms with van der Waals surface area (Å²) in [6.07, 6.45) is 3.92. The highest BCUT2D eigenvalue weighted by Crippen LogP contribution is 2.30. The number of nitrogens with zero attached hydrogens (tertiary/aromatic N) is 1. The smallest absolute Gasteiger partial charge is 0.0606 e. The van der Waals surface area contributed by atoms with E-state index in [0.717, 1.165) is 18.4 Å². The Hall–Kier alpha value is -1.22. The summed E-state index contributed by atoms with van der Waals surface area (Å²) in [4.78, 5) is 2.19. The first-order chi connectivity index (χ1) is 10.1. The molecule has 0 radical (unpaired) electrons. The van der Waals surface area contributed by atoms with Gasteiger partial charge in [0.05, 0.1) is 6.61 Å². The van der Waals surface area contributed by atoms with Crippen molar-refractivity contribution in [1.82, 2.24) is 0 Å². The van der Waals surface area contributed by atoms with Crippen LogP contribution in [0.3, 0.4) is 0 Å². The van der Waals surface area contributed by atoms with Gasteiger partial charge in [-0.25, -0.2) is 0 Å². The molecule has 1 saturated carbocycles. The Morgan fingerprint density at radius 1 is 1.10 bits per heavy atom. The molecule has 0 aromatic heterocycles. The summed E-state index contributed by atoms with van der Waals surface area (Å²) in [5.41, 5.74) is 2.40. The summed E-state index contributed by atoms with van der Waals surface area (Å²) in [6.45, 7) is 8.66. The predicted molar refractivity (Wildman–Crippen MR) is 91.0 cm³/mol. The number of benzene rings is 1. The van der Waals surface area contributed by atoms with Gasteiger partial charge in [-0.15, -0.1) is 0 Å². The summed E-state index contributed by atoms with van der Waals surface area (Å²) in [6, 6.07) is 9.24. The van der Waals surface area contributed by atoms with Crippen molar-refractivity contribution in [1.29, 1.82) is 0 Å².